The van der Waals surface area contributed by atoms with E-state index in [0.717, 1.165) is 0 Å². The van der Waals surface area contributed by atoms with E-state index in [0.29, 0.717) is 17.0 Å². The second-order valence-electron chi connectivity index (χ2n) is 3.80. The molecule has 1 aromatic rings. The van der Waals surface area contributed by atoms with Crippen LogP contribution in [0.5, 0.6) is 5.06 Å². The first kappa shape index (κ1) is 12.6. The average Bonchev–Trinajstić information content (AvgIpc) is 2.81. The summed E-state index contributed by atoms with van der Waals surface area (Å²) in [5.74, 6) is -1.14. The fraction of sp³-hybridized carbons (Fsp3) is 0.364. The summed E-state index contributed by atoms with van der Waals surface area (Å²) in [6, 6.07) is 0.963. The molecule has 96 valence electrons. The van der Waals surface area contributed by atoms with Crippen molar-refractivity contribution in [1.82, 2.24) is 10.6 Å². The van der Waals surface area contributed by atoms with Gasteiger partial charge in [-0.3, -0.25) is 19.7 Å². The Balaban J connectivity index is 2.03. The molecule has 7 heteroatoms. The predicted octanol–water partition coefficient (Wildman–Crippen LogP) is 0.292. The van der Waals surface area contributed by atoms with Crippen molar-refractivity contribution >= 4 is 29.1 Å². The Labute approximate surface area is 107 Å². The van der Waals surface area contributed by atoms with Crippen molar-refractivity contribution in [2.24, 2.45) is 0 Å². The Bertz CT molecular complexity index is 497. The van der Waals surface area contributed by atoms with Gasteiger partial charge >= 0.3 is 0 Å². The Morgan fingerprint density at radius 3 is 3.00 bits per heavy atom. The third kappa shape index (κ3) is 2.51. The predicted molar refractivity (Wildman–Crippen MR) is 64.5 cm³/mol. The normalized spacial score (nSPS) is 19.3. The Hall–Kier alpha value is -1.89. The molecule has 1 aliphatic heterocycles. The zero-order valence-electron chi connectivity index (χ0n) is 9.69. The van der Waals surface area contributed by atoms with Crippen LogP contribution in [-0.4, -0.2) is 30.9 Å². The number of methoxy groups -OCH3 is 1. The van der Waals surface area contributed by atoms with E-state index in [1.165, 1.54) is 18.4 Å². The molecule has 1 aliphatic rings. The highest BCUT2D eigenvalue weighted by Crippen LogP contribution is 2.25. The van der Waals surface area contributed by atoms with Gasteiger partial charge in [0.2, 0.25) is 11.8 Å². The summed E-state index contributed by atoms with van der Waals surface area (Å²) in [6.45, 7) is 0. The van der Waals surface area contributed by atoms with Gasteiger partial charge in [-0.05, 0) is 17.9 Å². The van der Waals surface area contributed by atoms with Crippen LogP contribution in [-0.2, 0) is 9.59 Å². The van der Waals surface area contributed by atoms with Crippen molar-refractivity contribution < 1.29 is 19.1 Å². The number of imide groups is 1. The molecule has 0 spiro atoms. The van der Waals surface area contributed by atoms with Gasteiger partial charge < -0.3 is 10.1 Å². The average molecular weight is 268 g/mol. The summed E-state index contributed by atoms with van der Waals surface area (Å²) in [4.78, 5) is 34.4. The van der Waals surface area contributed by atoms with Gasteiger partial charge in [-0.1, -0.05) is 0 Å². The van der Waals surface area contributed by atoms with E-state index in [4.69, 9.17) is 4.74 Å². The minimum atomic E-state index is -0.667. The molecule has 2 N–H and O–H groups in total. The number of rotatable bonds is 3. The number of ether oxygens (including phenoxy) is 1. The van der Waals surface area contributed by atoms with E-state index >= 15 is 0 Å². The van der Waals surface area contributed by atoms with E-state index in [9.17, 15) is 14.4 Å². The zero-order chi connectivity index (χ0) is 13.1. The highest BCUT2D eigenvalue weighted by molar-refractivity contribution is 7.12. The largest absolute Gasteiger partial charge is 0.487 e. The van der Waals surface area contributed by atoms with Crippen molar-refractivity contribution in [3.05, 3.63) is 17.0 Å². The number of piperidine rings is 1. The van der Waals surface area contributed by atoms with E-state index in [2.05, 4.69) is 10.6 Å². The maximum Gasteiger partial charge on any atom is 0.256 e. The molecule has 0 aromatic carbocycles. The standard InChI is InChI=1S/C11H12N2O4S/c1-17-11-6(4-5-18-11)9(15)12-7-2-3-8(14)13-10(7)16/h4-5,7H,2-3H2,1H3,(H,12,15)(H,13,14,16). The Kier molecular flexibility index (Phi) is 3.61. The van der Waals surface area contributed by atoms with Crippen LogP contribution in [0.2, 0.25) is 0 Å². The van der Waals surface area contributed by atoms with Crippen molar-refractivity contribution in [2.75, 3.05) is 7.11 Å². The second-order valence-corrected chi connectivity index (χ2v) is 4.68. The fourth-order valence-corrected chi connectivity index (χ4v) is 2.40. The van der Waals surface area contributed by atoms with Crippen molar-refractivity contribution in [3.63, 3.8) is 0 Å². The molecule has 18 heavy (non-hydrogen) atoms. The number of carbonyl (C=O) groups is 3. The number of thiophene rings is 1. The molecular formula is C11H12N2O4S. The molecule has 2 heterocycles. The second kappa shape index (κ2) is 5.18. The number of hydrogen-bond acceptors (Lipinski definition) is 5. The van der Waals surface area contributed by atoms with Gasteiger partial charge in [-0.15, -0.1) is 11.3 Å². The highest BCUT2D eigenvalue weighted by Gasteiger charge is 2.28. The monoisotopic (exact) mass is 268 g/mol. The number of amides is 3. The summed E-state index contributed by atoms with van der Waals surface area (Å²) in [6.07, 6.45) is 0.556. The van der Waals surface area contributed by atoms with Gasteiger partial charge in [0.05, 0.1) is 12.7 Å². The lowest BCUT2D eigenvalue weighted by molar-refractivity contribution is -0.134. The van der Waals surface area contributed by atoms with E-state index in [1.54, 1.807) is 11.4 Å². The van der Waals surface area contributed by atoms with Gasteiger partial charge in [0.25, 0.3) is 5.91 Å². The van der Waals surface area contributed by atoms with Crippen molar-refractivity contribution in [3.8, 4) is 5.06 Å². The van der Waals surface area contributed by atoms with E-state index < -0.39 is 11.9 Å². The minimum absolute atomic E-state index is 0.234. The molecule has 1 aromatic heterocycles. The van der Waals surface area contributed by atoms with E-state index in [-0.39, 0.29) is 18.2 Å². The van der Waals surface area contributed by atoms with Crippen LogP contribution in [0.1, 0.15) is 23.2 Å². The molecule has 6 nitrogen and oxygen atoms in total. The number of nitrogens with one attached hydrogen (secondary N) is 2. The summed E-state index contributed by atoms with van der Waals surface area (Å²) in [7, 11) is 1.48. The fourth-order valence-electron chi connectivity index (χ4n) is 1.69. The summed E-state index contributed by atoms with van der Waals surface area (Å²) in [5.41, 5.74) is 0.396. The van der Waals surface area contributed by atoms with Crippen molar-refractivity contribution in [1.29, 1.82) is 0 Å². The van der Waals surface area contributed by atoms with Crippen LogP contribution in [0.3, 0.4) is 0 Å². The molecule has 1 saturated heterocycles. The van der Waals surface area contributed by atoms with E-state index in [1.807, 2.05) is 0 Å². The quantitative estimate of drug-likeness (QED) is 0.772. The molecule has 1 unspecified atom stereocenters. The van der Waals surface area contributed by atoms with Gasteiger partial charge in [0.1, 0.15) is 6.04 Å². The van der Waals surface area contributed by atoms with Gasteiger partial charge in [-0.25, -0.2) is 0 Å². The first-order valence-corrected chi connectivity index (χ1v) is 6.26. The molecule has 0 aliphatic carbocycles. The first-order valence-electron chi connectivity index (χ1n) is 5.38. The smallest absolute Gasteiger partial charge is 0.256 e. The van der Waals surface area contributed by atoms with Crippen LogP contribution in [0.15, 0.2) is 11.4 Å². The van der Waals surface area contributed by atoms with Crippen LogP contribution in [0.25, 0.3) is 0 Å². The van der Waals surface area contributed by atoms with Crippen molar-refractivity contribution in [2.45, 2.75) is 18.9 Å². The molecule has 0 radical (unpaired) electrons. The van der Waals surface area contributed by atoms with Crippen LogP contribution >= 0.6 is 11.3 Å². The Morgan fingerprint density at radius 2 is 2.33 bits per heavy atom. The SMILES string of the molecule is COc1sccc1C(=O)NC1CCC(=O)NC1=O. The van der Waals surface area contributed by atoms with Crippen LogP contribution in [0, 0.1) is 0 Å². The molecule has 0 saturated carbocycles. The number of carbonyl (C=O) groups excluding carboxylic acids is 3. The molecule has 1 atom stereocenters. The molecule has 1 fully saturated rings. The highest BCUT2D eigenvalue weighted by atomic mass is 32.1. The lowest BCUT2D eigenvalue weighted by Crippen LogP contribution is -2.52. The Morgan fingerprint density at radius 1 is 1.56 bits per heavy atom. The number of hydrogen-bond donors (Lipinski definition) is 2. The summed E-state index contributed by atoms with van der Waals surface area (Å²) in [5, 5.41) is 7.01. The van der Waals surface area contributed by atoms with Crippen LogP contribution in [0.4, 0.5) is 0 Å². The van der Waals surface area contributed by atoms with Gasteiger partial charge in [-0.2, -0.15) is 0 Å². The molecular weight excluding hydrogens is 256 g/mol. The molecule has 2 rings (SSSR count). The maximum absolute atomic E-state index is 11.9. The molecule has 3 amide bonds. The minimum Gasteiger partial charge on any atom is -0.487 e. The van der Waals surface area contributed by atoms with Crippen LogP contribution < -0.4 is 15.4 Å². The lowest BCUT2D eigenvalue weighted by atomic mass is 10.1. The van der Waals surface area contributed by atoms with Gasteiger partial charge in [0.15, 0.2) is 5.06 Å². The maximum atomic E-state index is 11.9. The topological polar surface area (TPSA) is 84.5 Å². The summed E-state index contributed by atoms with van der Waals surface area (Å²) < 4.78 is 5.04. The first-order chi connectivity index (χ1) is 8.61. The molecule has 0 bridgehead atoms. The lowest BCUT2D eigenvalue weighted by Gasteiger charge is -2.21. The zero-order valence-corrected chi connectivity index (χ0v) is 10.5. The third-order valence-corrected chi connectivity index (χ3v) is 3.48. The summed E-state index contributed by atoms with van der Waals surface area (Å²) >= 11 is 1.30. The third-order valence-electron chi connectivity index (χ3n) is 2.60. The van der Waals surface area contributed by atoms with Gasteiger partial charge in [0, 0.05) is 6.42 Å².